The smallest absolute Gasteiger partial charge is 0.192 e. The molecule has 2 heteroatoms. The highest BCUT2D eigenvalue weighted by molar-refractivity contribution is 14.1. The van der Waals surface area contributed by atoms with E-state index in [1.165, 1.54) is 43.2 Å². The lowest BCUT2D eigenvalue weighted by molar-refractivity contribution is 0.665. The minimum Gasteiger partial charge on any atom is -0.427 e. The molecular weight excluding hydrogens is 299 g/mol. The first-order chi connectivity index (χ1) is 7.27. The molecule has 0 fully saturated rings. The van der Waals surface area contributed by atoms with Crippen molar-refractivity contribution in [3.8, 4) is 5.75 Å². The number of halogens is 1. The van der Waals surface area contributed by atoms with Gasteiger partial charge in [0.25, 0.3) is 0 Å². The van der Waals surface area contributed by atoms with Gasteiger partial charge in [-0.15, -0.1) is 0 Å². The van der Waals surface area contributed by atoms with Crippen LogP contribution in [-0.4, -0.2) is 0 Å². The summed E-state index contributed by atoms with van der Waals surface area (Å²) in [7, 11) is 0. The number of hydrogen-bond donors (Lipinski definition) is 0. The van der Waals surface area contributed by atoms with Gasteiger partial charge in [0.1, 0.15) is 5.75 Å². The molecule has 0 bridgehead atoms. The van der Waals surface area contributed by atoms with Crippen molar-refractivity contribution in [2.75, 3.05) is 0 Å². The summed E-state index contributed by atoms with van der Waals surface area (Å²) >= 11 is 1.93. The fraction of sp³-hybridized carbons (Fsp3) is 0.538. The van der Waals surface area contributed by atoms with Gasteiger partial charge in [0.05, 0.1) is 0 Å². The molecule has 0 N–H and O–H groups in total. The lowest BCUT2D eigenvalue weighted by Gasteiger charge is -2.06. The van der Waals surface area contributed by atoms with Gasteiger partial charge in [-0.25, -0.2) is 0 Å². The Kier molecular flexibility index (Phi) is 6.06. The lowest BCUT2D eigenvalue weighted by atomic mass is 10.0. The minimum absolute atomic E-state index is 0.980. The van der Waals surface area contributed by atoms with Gasteiger partial charge in [0.2, 0.25) is 0 Å². The summed E-state index contributed by atoms with van der Waals surface area (Å²) in [6.07, 6.45) is 6.51. The molecule has 1 aromatic rings. The Morgan fingerprint density at radius 2 is 2.00 bits per heavy atom. The van der Waals surface area contributed by atoms with E-state index in [9.17, 15) is 0 Å². The van der Waals surface area contributed by atoms with Crippen LogP contribution < -0.4 is 3.07 Å². The summed E-state index contributed by atoms with van der Waals surface area (Å²) in [6, 6.07) is 6.48. The molecule has 0 aromatic heterocycles. The van der Waals surface area contributed by atoms with E-state index in [0.29, 0.717) is 0 Å². The number of benzene rings is 1. The maximum atomic E-state index is 5.21. The monoisotopic (exact) mass is 318 g/mol. The molecule has 15 heavy (non-hydrogen) atoms. The van der Waals surface area contributed by atoms with Crippen LogP contribution in [0, 0.1) is 6.92 Å². The number of hydrogen-bond acceptors (Lipinski definition) is 1. The Morgan fingerprint density at radius 3 is 2.60 bits per heavy atom. The average Bonchev–Trinajstić information content (AvgIpc) is 2.25. The zero-order valence-electron chi connectivity index (χ0n) is 9.55. The van der Waals surface area contributed by atoms with E-state index in [4.69, 9.17) is 3.07 Å². The van der Waals surface area contributed by atoms with Crippen molar-refractivity contribution in [2.24, 2.45) is 0 Å². The van der Waals surface area contributed by atoms with Gasteiger partial charge in [0.15, 0.2) is 23.0 Å². The molecule has 0 radical (unpaired) electrons. The SMILES string of the molecule is CCCCCCc1ccc(OI)c(C)c1. The second kappa shape index (κ2) is 7.09. The molecule has 1 aromatic carbocycles. The third-order valence-corrected chi connectivity index (χ3v) is 3.12. The summed E-state index contributed by atoms with van der Waals surface area (Å²) in [5.41, 5.74) is 2.66. The van der Waals surface area contributed by atoms with Crippen LogP contribution in [-0.2, 0) is 6.42 Å². The van der Waals surface area contributed by atoms with E-state index in [-0.39, 0.29) is 0 Å². The topological polar surface area (TPSA) is 9.23 Å². The first kappa shape index (κ1) is 12.8. The van der Waals surface area contributed by atoms with Gasteiger partial charge >= 0.3 is 0 Å². The van der Waals surface area contributed by atoms with E-state index in [1.54, 1.807) is 0 Å². The summed E-state index contributed by atoms with van der Waals surface area (Å²) in [6.45, 7) is 4.35. The second-order valence-electron chi connectivity index (χ2n) is 3.99. The predicted molar refractivity (Wildman–Crippen MR) is 73.7 cm³/mol. The van der Waals surface area contributed by atoms with Crippen molar-refractivity contribution in [3.63, 3.8) is 0 Å². The molecule has 0 aliphatic heterocycles. The molecule has 0 heterocycles. The Morgan fingerprint density at radius 1 is 1.20 bits per heavy atom. The van der Waals surface area contributed by atoms with Crippen LogP contribution in [0.25, 0.3) is 0 Å². The van der Waals surface area contributed by atoms with Crippen molar-refractivity contribution in [3.05, 3.63) is 29.3 Å². The van der Waals surface area contributed by atoms with Gasteiger partial charge in [-0.1, -0.05) is 38.3 Å². The van der Waals surface area contributed by atoms with Gasteiger partial charge in [-0.3, -0.25) is 0 Å². The largest absolute Gasteiger partial charge is 0.427 e. The Labute approximate surface area is 107 Å². The average molecular weight is 318 g/mol. The van der Waals surface area contributed by atoms with Crippen molar-refractivity contribution in [1.82, 2.24) is 0 Å². The normalized spacial score (nSPS) is 10.3. The van der Waals surface area contributed by atoms with E-state index >= 15 is 0 Å². The van der Waals surface area contributed by atoms with Crippen LogP contribution in [0.4, 0.5) is 0 Å². The van der Waals surface area contributed by atoms with E-state index in [0.717, 1.165) is 5.75 Å². The third-order valence-electron chi connectivity index (χ3n) is 2.64. The van der Waals surface area contributed by atoms with Crippen molar-refractivity contribution >= 4 is 23.0 Å². The third kappa shape index (κ3) is 4.41. The summed E-state index contributed by atoms with van der Waals surface area (Å²) in [5.74, 6) is 0.980. The molecule has 0 aliphatic carbocycles. The number of aryl methyl sites for hydroxylation is 2. The molecule has 0 spiro atoms. The van der Waals surface area contributed by atoms with Crippen molar-refractivity contribution < 1.29 is 3.07 Å². The summed E-state index contributed by atoms with van der Waals surface area (Å²) < 4.78 is 5.21. The van der Waals surface area contributed by atoms with Gasteiger partial charge in [0, 0.05) is 0 Å². The fourth-order valence-electron chi connectivity index (χ4n) is 1.71. The summed E-state index contributed by atoms with van der Waals surface area (Å²) in [5, 5.41) is 0. The fourth-order valence-corrected chi connectivity index (χ4v) is 2.20. The molecule has 1 rings (SSSR count). The van der Waals surface area contributed by atoms with Crippen LogP contribution >= 0.6 is 23.0 Å². The molecule has 0 atom stereocenters. The Balaban J connectivity index is 2.45. The molecule has 0 unspecified atom stereocenters. The van der Waals surface area contributed by atoms with E-state index in [1.807, 2.05) is 23.0 Å². The molecule has 0 amide bonds. The van der Waals surface area contributed by atoms with Crippen LogP contribution in [0.5, 0.6) is 5.75 Å². The maximum absolute atomic E-state index is 5.21. The highest BCUT2D eigenvalue weighted by Crippen LogP contribution is 2.21. The van der Waals surface area contributed by atoms with E-state index < -0.39 is 0 Å². The van der Waals surface area contributed by atoms with Crippen molar-refractivity contribution in [1.29, 1.82) is 0 Å². The molecule has 0 saturated heterocycles. The maximum Gasteiger partial charge on any atom is 0.192 e. The molecular formula is C13H19IO. The van der Waals surface area contributed by atoms with Gasteiger partial charge < -0.3 is 3.07 Å². The standard InChI is InChI=1S/C13H19IO/c1-3-4-5-6-7-12-8-9-13(15-14)11(2)10-12/h8-10H,3-7H2,1-2H3. The van der Waals surface area contributed by atoms with Crippen LogP contribution in [0.2, 0.25) is 0 Å². The first-order valence-corrected chi connectivity index (χ1v) is 6.54. The molecule has 84 valence electrons. The van der Waals surface area contributed by atoms with Crippen LogP contribution in [0.3, 0.4) is 0 Å². The minimum atomic E-state index is 0.980. The van der Waals surface area contributed by atoms with Crippen LogP contribution in [0.1, 0.15) is 43.7 Å². The molecule has 1 nitrogen and oxygen atoms in total. The zero-order valence-corrected chi connectivity index (χ0v) is 11.7. The highest BCUT2D eigenvalue weighted by atomic mass is 127. The van der Waals surface area contributed by atoms with Gasteiger partial charge in [-0.05, 0) is 37.0 Å². The Bertz CT molecular complexity index is 297. The molecule has 0 saturated carbocycles. The lowest BCUT2D eigenvalue weighted by Crippen LogP contribution is -1.88. The predicted octanol–water partition coefficient (Wildman–Crippen LogP) is 4.85. The first-order valence-electron chi connectivity index (χ1n) is 5.66. The van der Waals surface area contributed by atoms with Gasteiger partial charge in [-0.2, -0.15) is 0 Å². The highest BCUT2D eigenvalue weighted by Gasteiger charge is 2.00. The Hall–Kier alpha value is -0.250. The van der Waals surface area contributed by atoms with E-state index in [2.05, 4.69) is 32.0 Å². The van der Waals surface area contributed by atoms with Crippen LogP contribution in [0.15, 0.2) is 18.2 Å². The summed E-state index contributed by atoms with van der Waals surface area (Å²) in [4.78, 5) is 0. The zero-order chi connectivity index (χ0) is 11.1. The number of rotatable bonds is 6. The number of unbranched alkanes of at least 4 members (excludes halogenated alkanes) is 3. The quantitative estimate of drug-likeness (QED) is 0.538. The second-order valence-corrected chi connectivity index (χ2v) is 4.43. The molecule has 0 aliphatic rings. The van der Waals surface area contributed by atoms with Crippen molar-refractivity contribution in [2.45, 2.75) is 46.0 Å².